The third-order valence-corrected chi connectivity index (χ3v) is 3.70. The number of thiazole rings is 1. The van der Waals surface area contributed by atoms with Crippen molar-refractivity contribution < 1.29 is 32.3 Å². The molecule has 7 nitrogen and oxygen atoms in total. The highest BCUT2D eigenvalue weighted by Gasteiger charge is 2.23. The molecule has 1 atom stereocenters. The molecule has 1 unspecified atom stereocenters. The van der Waals surface area contributed by atoms with Gasteiger partial charge in [0, 0.05) is 12.3 Å². The number of nitrogens with zero attached hydrogens (tertiary/aromatic N) is 1. The smallest absolute Gasteiger partial charge is 0.358 e. The van der Waals surface area contributed by atoms with Gasteiger partial charge in [0.2, 0.25) is 5.91 Å². The molecule has 11 heteroatoms. The van der Waals surface area contributed by atoms with E-state index in [4.69, 9.17) is 4.74 Å². The Kier molecular flexibility index (Phi) is 5.93. The maximum Gasteiger partial charge on any atom is 0.358 e. The van der Waals surface area contributed by atoms with Crippen LogP contribution in [-0.4, -0.2) is 28.9 Å². The van der Waals surface area contributed by atoms with Crippen molar-refractivity contribution in [2.24, 2.45) is 0 Å². The van der Waals surface area contributed by atoms with Crippen molar-refractivity contribution in [3.05, 3.63) is 40.7 Å². The molecule has 26 heavy (non-hydrogen) atoms. The number of ether oxygens (including phenoxy) is 1. The van der Waals surface area contributed by atoms with Crippen LogP contribution in [0.25, 0.3) is 0 Å². The van der Waals surface area contributed by atoms with E-state index in [1.165, 1.54) is 19.2 Å². The molecule has 0 aliphatic carbocycles. The molecule has 1 aromatic carbocycles. The van der Waals surface area contributed by atoms with Gasteiger partial charge in [0.1, 0.15) is 0 Å². The molecule has 0 saturated carbocycles. The Labute approximate surface area is 149 Å². The first-order valence-corrected chi connectivity index (χ1v) is 7.95. The second kappa shape index (κ2) is 7.95. The molecule has 0 saturated heterocycles. The fraction of sp³-hybridized carbons (Fsp3) is 0.200. The summed E-state index contributed by atoms with van der Waals surface area (Å²) in [5, 5.41) is 5.86. The average molecular weight is 387 g/mol. The number of anilines is 2. The van der Waals surface area contributed by atoms with E-state index < -0.39 is 41.1 Å². The summed E-state index contributed by atoms with van der Waals surface area (Å²) in [6.45, 7) is 2.47. The normalized spacial score (nSPS) is 11.6. The van der Waals surface area contributed by atoms with Crippen molar-refractivity contribution in [3.63, 3.8) is 0 Å². The highest BCUT2D eigenvalue weighted by Crippen LogP contribution is 2.20. The van der Waals surface area contributed by atoms with Gasteiger partial charge in [-0.15, -0.1) is 11.3 Å². The van der Waals surface area contributed by atoms with Crippen molar-refractivity contribution >= 4 is 39.9 Å². The molecule has 0 bridgehead atoms. The van der Waals surface area contributed by atoms with Crippen molar-refractivity contribution in [1.82, 2.24) is 4.98 Å². The van der Waals surface area contributed by atoms with Crippen LogP contribution in [-0.2, 0) is 14.3 Å². The number of halogens is 3. The molecule has 2 amide bonds. The van der Waals surface area contributed by atoms with Gasteiger partial charge in [-0.05, 0) is 19.1 Å². The summed E-state index contributed by atoms with van der Waals surface area (Å²) in [6.07, 6.45) is -1.37. The minimum atomic E-state index is -1.74. The van der Waals surface area contributed by atoms with Crippen LogP contribution >= 0.6 is 11.3 Å². The van der Waals surface area contributed by atoms with Gasteiger partial charge in [-0.3, -0.25) is 9.59 Å². The van der Waals surface area contributed by atoms with Crippen molar-refractivity contribution in [2.45, 2.75) is 20.0 Å². The lowest BCUT2D eigenvalue weighted by molar-refractivity contribution is -0.123. The first-order valence-electron chi connectivity index (χ1n) is 7.07. The zero-order valence-corrected chi connectivity index (χ0v) is 14.2. The highest BCUT2D eigenvalue weighted by atomic mass is 32.1. The summed E-state index contributed by atoms with van der Waals surface area (Å²) < 4.78 is 44.4. The Hall–Kier alpha value is -2.95. The molecular weight excluding hydrogens is 375 g/mol. The second-order valence-electron chi connectivity index (χ2n) is 4.98. The number of benzene rings is 1. The van der Waals surface area contributed by atoms with Gasteiger partial charge in [-0.25, -0.2) is 22.9 Å². The topological polar surface area (TPSA) is 97.4 Å². The predicted octanol–water partition coefficient (Wildman–Crippen LogP) is 2.70. The summed E-state index contributed by atoms with van der Waals surface area (Å²) >= 11 is 0.978. The molecule has 1 heterocycles. The summed E-state index contributed by atoms with van der Waals surface area (Å²) in [5.41, 5.74) is -0.740. The summed E-state index contributed by atoms with van der Waals surface area (Å²) in [6, 6.07) is 1.48. The number of nitrogens with one attached hydrogen (secondary N) is 2. The first kappa shape index (κ1) is 19.4. The zero-order chi connectivity index (χ0) is 19.4. The average Bonchev–Trinajstić information content (AvgIpc) is 3.03. The summed E-state index contributed by atoms with van der Waals surface area (Å²) in [5.74, 6) is -7.00. The Morgan fingerprint density at radius 2 is 1.85 bits per heavy atom. The monoisotopic (exact) mass is 387 g/mol. The van der Waals surface area contributed by atoms with Crippen LogP contribution in [0.3, 0.4) is 0 Å². The Balaban J connectivity index is 2.00. The number of aromatic nitrogens is 1. The van der Waals surface area contributed by atoms with Crippen LogP contribution in [0.15, 0.2) is 17.5 Å². The number of carbonyl (C=O) groups excluding carboxylic acids is 3. The van der Waals surface area contributed by atoms with E-state index in [0.717, 1.165) is 17.4 Å². The lowest BCUT2D eigenvalue weighted by atomic mass is 10.2. The van der Waals surface area contributed by atoms with E-state index in [-0.39, 0.29) is 16.7 Å². The predicted molar refractivity (Wildman–Crippen MR) is 86.2 cm³/mol. The maximum atomic E-state index is 13.5. The third-order valence-electron chi connectivity index (χ3n) is 2.94. The van der Waals surface area contributed by atoms with E-state index in [9.17, 15) is 27.6 Å². The first-order chi connectivity index (χ1) is 12.2. The molecule has 0 radical (unpaired) electrons. The molecule has 2 rings (SSSR count). The Bertz CT molecular complexity index is 872. The van der Waals surface area contributed by atoms with Gasteiger partial charge in [-0.2, -0.15) is 0 Å². The van der Waals surface area contributed by atoms with E-state index in [2.05, 4.69) is 10.3 Å². The van der Waals surface area contributed by atoms with E-state index in [1.54, 1.807) is 0 Å². The SMILES string of the molecule is CC(=O)Nc1nc(C(=O)OC(C)C(=O)Nc2ccc(F)c(F)c2F)cs1. The van der Waals surface area contributed by atoms with Gasteiger partial charge in [0.25, 0.3) is 5.91 Å². The van der Waals surface area contributed by atoms with Crippen molar-refractivity contribution in [2.75, 3.05) is 10.6 Å². The van der Waals surface area contributed by atoms with Crippen molar-refractivity contribution in [1.29, 1.82) is 0 Å². The second-order valence-corrected chi connectivity index (χ2v) is 5.84. The number of hydrogen-bond acceptors (Lipinski definition) is 6. The fourth-order valence-corrected chi connectivity index (χ4v) is 2.43. The van der Waals surface area contributed by atoms with Gasteiger partial charge >= 0.3 is 5.97 Å². The quantitative estimate of drug-likeness (QED) is 0.607. The van der Waals surface area contributed by atoms with Crippen LogP contribution in [0.2, 0.25) is 0 Å². The zero-order valence-electron chi connectivity index (χ0n) is 13.4. The van der Waals surface area contributed by atoms with E-state index in [0.29, 0.717) is 6.07 Å². The van der Waals surface area contributed by atoms with Crippen LogP contribution in [0.4, 0.5) is 24.0 Å². The third kappa shape index (κ3) is 4.57. The number of hydrogen-bond donors (Lipinski definition) is 2. The van der Waals surface area contributed by atoms with Crippen LogP contribution in [0.5, 0.6) is 0 Å². The maximum absolute atomic E-state index is 13.5. The molecule has 0 aliphatic rings. The van der Waals surface area contributed by atoms with Crippen LogP contribution in [0, 0.1) is 17.5 Å². The molecule has 0 aliphatic heterocycles. The number of esters is 1. The Morgan fingerprint density at radius 1 is 1.15 bits per heavy atom. The number of amides is 2. The van der Waals surface area contributed by atoms with Gasteiger partial charge in [-0.1, -0.05) is 0 Å². The molecule has 0 fully saturated rings. The van der Waals surface area contributed by atoms with Gasteiger partial charge < -0.3 is 15.4 Å². The summed E-state index contributed by atoms with van der Waals surface area (Å²) in [7, 11) is 0. The van der Waals surface area contributed by atoms with Crippen LogP contribution in [0.1, 0.15) is 24.3 Å². The fourth-order valence-electron chi connectivity index (χ4n) is 1.71. The molecule has 2 aromatic rings. The molecule has 1 aromatic heterocycles. The Morgan fingerprint density at radius 3 is 2.50 bits per heavy atom. The minimum absolute atomic E-state index is 0.141. The van der Waals surface area contributed by atoms with E-state index >= 15 is 0 Å². The number of rotatable bonds is 5. The summed E-state index contributed by atoms with van der Waals surface area (Å²) in [4.78, 5) is 38.6. The lowest BCUT2D eigenvalue weighted by Crippen LogP contribution is -2.30. The molecule has 138 valence electrons. The highest BCUT2D eigenvalue weighted by molar-refractivity contribution is 7.14. The molecular formula is C15H12F3N3O4S. The largest absolute Gasteiger partial charge is 0.448 e. The van der Waals surface area contributed by atoms with Crippen molar-refractivity contribution in [3.8, 4) is 0 Å². The van der Waals surface area contributed by atoms with E-state index in [1.807, 2.05) is 5.32 Å². The number of carbonyl (C=O) groups is 3. The van der Waals surface area contributed by atoms with Crippen LogP contribution < -0.4 is 10.6 Å². The lowest BCUT2D eigenvalue weighted by Gasteiger charge is -2.13. The minimum Gasteiger partial charge on any atom is -0.448 e. The molecule has 0 spiro atoms. The standard InChI is InChI=1S/C15H12F3N3O4S/c1-6(13(23)20-9-4-3-8(16)11(17)12(9)18)25-14(24)10-5-26-15(21-10)19-7(2)22/h3-6H,1-2H3,(H,20,23)(H,19,21,22). The molecule has 2 N–H and O–H groups in total. The van der Waals surface area contributed by atoms with Gasteiger partial charge in [0.05, 0.1) is 5.69 Å². The van der Waals surface area contributed by atoms with Gasteiger partial charge in [0.15, 0.2) is 34.4 Å².